The molecule has 0 spiro atoms. The fraction of sp³-hybridized carbons (Fsp3) is 0.231. The van der Waals surface area contributed by atoms with E-state index in [1.807, 2.05) is 64.4 Å². The lowest BCUT2D eigenvalue weighted by Gasteiger charge is -2.28. The molecule has 0 bridgehead atoms. The standard InChI is InChI=1S/C26H24N2O3S/c1-18-6-2-3-7-20(18)17-28-22-16-19(25(29)27-12-14-31-15-13-27)10-11-24(22)32-23-9-5-4-8-21(23)26(28)30/h2-11,16H,12-15,17H2,1H3. The van der Waals surface area contributed by atoms with Crippen LogP contribution >= 0.6 is 11.8 Å². The Hall–Kier alpha value is -3.09. The summed E-state index contributed by atoms with van der Waals surface area (Å²) < 4.78 is 5.39. The number of fused-ring (bicyclic) bond motifs is 2. The Morgan fingerprint density at radius 2 is 1.72 bits per heavy atom. The normalized spacial score (nSPS) is 15.7. The third-order valence-electron chi connectivity index (χ3n) is 5.97. The third-order valence-corrected chi connectivity index (χ3v) is 7.11. The van der Waals surface area contributed by atoms with Gasteiger partial charge in [0.25, 0.3) is 11.8 Å². The number of hydrogen-bond acceptors (Lipinski definition) is 4. The molecule has 2 amide bonds. The number of hydrogen-bond donors (Lipinski definition) is 0. The first-order chi connectivity index (χ1) is 15.6. The molecule has 5 rings (SSSR count). The number of anilines is 1. The highest BCUT2D eigenvalue weighted by Gasteiger charge is 2.29. The molecule has 0 atom stereocenters. The predicted octanol–water partition coefficient (Wildman–Crippen LogP) is 4.78. The van der Waals surface area contributed by atoms with Crippen molar-refractivity contribution >= 4 is 29.3 Å². The number of ether oxygens (including phenoxy) is 1. The van der Waals surface area contributed by atoms with Crippen molar-refractivity contribution in [3.63, 3.8) is 0 Å². The van der Waals surface area contributed by atoms with E-state index in [0.717, 1.165) is 26.6 Å². The molecule has 0 aromatic heterocycles. The molecule has 0 saturated carbocycles. The van der Waals surface area contributed by atoms with Gasteiger partial charge in [-0.15, -0.1) is 0 Å². The molecule has 3 aromatic carbocycles. The van der Waals surface area contributed by atoms with Gasteiger partial charge in [-0.25, -0.2) is 0 Å². The number of carbonyl (C=O) groups is 2. The molecule has 6 heteroatoms. The van der Waals surface area contributed by atoms with E-state index in [1.165, 1.54) is 0 Å². The molecule has 0 aliphatic carbocycles. The molecule has 5 nitrogen and oxygen atoms in total. The lowest BCUT2D eigenvalue weighted by Crippen LogP contribution is -2.40. The van der Waals surface area contributed by atoms with Gasteiger partial charge in [-0.3, -0.25) is 9.59 Å². The summed E-state index contributed by atoms with van der Waals surface area (Å²) in [5.41, 5.74) is 4.27. The first kappa shape index (κ1) is 20.8. The molecule has 3 aromatic rings. The lowest BCUT2D eigenvalue weighted by atomic mass is 10.1. The quantitative estimate of drug-likeness (QED) is 0.583. The van der Waals surface area contributed by atoms with Crippen molar-refractivity contribution in [1.82, 2.24) is 4.90 Å². The first-order valence-corrected chi connectivity index (χ1v) is 11.6. The Kier molecular flexibility index (Phi) is 5.72. The zero-order valence-corrected chi connectivity index (χ0v) is 18.7. The summed E-state index contributed by atoms with van der Waals surface area (Å²) in [4.78, 5) is 32.4. The zero-order valence-electron chi connectivity index (χ0n) is 17.9. The van der Waals surface area contributed by atoms with E-state index >= 15 is 0 Å². The fourth-order valence-electron chi connectivity index (χ4n) is 4.12. The summed E-state index contributed by atoms with van der Waals surface area (Å²) in [6.45, 7) is 4.78. The topological polar surface area (TPSA) is 49.9 Å². The molecular formula is C26H24N2O3S. The second-order valence-corrected chi connectivity index (χ2v) is 9.09. The van der Waals surface area contributed by atoms with Crippen LogP contribution in [0.5, 0.6) is 0 Å². The van der Waals surface area contributed by atoms with Crippen LogP contribution in [0.4, 0.5) is 5.69 Å². The summed E-state index contributed by atoms with van der Waals surface area (Å²) in [6, 6.07) is 21.5. The maximum Gasteiger partial charge on any atom is 0.259 e. The Labute approximate surface area is 192 Å². The molecule has 0 radical (unpaired) electrons. The van der Waals surface area contributed by atoms with Crippen LogP contribution < -0.4 is 4.90 Å². The van der Waals surface area contributed by atoms with Gasteiger partial charge in [-0.1, -0.05) is 48.2 Å². The Balaban J connectivity index is 1.59. The maximum absolute atomic E-state index is 13.7. The van der Waals surface area contributed by atoms with E-state index in [4.69, 9.17) is 4.74 Å². The lowest BCUT2D eigenvalue weighted by molar-refractivity contribution is 0.0303. The molecule has 2 aliphatic heterocycles. The molecule has 2 heterocycles. The van der Waals surface area contributed by atoms with Gasteiger partial charge in [-0.05, 0) is 48.4 Å². The minimum absolute atomic E-state index is 0.0221. The van der Waals surface area contributed by atoms with Gasteiger partial charge in [-0.2, -0.15) is 0 Å². The van der Waals surface area contributed by atoms with Gasteiger partial charge in [0, 0.05) is 28.4 Å². The molecule has 0 N–H and O–H groups in total. The zero-order chi connectivity index (χ0) is 22.1. The molecule has 1 saturated heterocycles. The van der Waals surface area contributed by atoms with Gasteiger partial charge in [0.15, 0.2) is 0 Å². The van der Waals surface area contributed by atoms with Crippen LogP contribution in [0.15, 0.2) is 76.5 Å². The molecular weight excluding hydrogens is 420 g/mol. The van der Waals surface area contributed by atoms with Crippen LogP contribution in [0.3, 0.4) is 0 Å². The summed E-state index contributed by atoms with van der Waals surface area (Å²) >= 11 is 1.57. The van der Waals surface area contributed by atoms with Gasteiger partial charge >= 0.3 is 0 Å². The number of amides is 2. The average Bonchev–Trinajstić information content (AvgIpc) is 2.95. The summed E-state index contributed by atoms with van der Waals surface area (Å²) in [5.74, 6) is -0.0720. The number of aryl methyl sites for hydroxylation is 1. The number of benzene rings is 3. The smallest absolute Gasteiger partial charge is 0.259 e. The highest BCUT2D eigenvalue weighted by molar-refractivity contribution is 7.99. The van der Waals surface area contributed by atoms with Crippen molar-refractivity contribution in [3.8, 4) is 0 Å². The van der Waals surface area contributed by atoms with E-state index in [1.54, 1.807) is 11.8 Å². The maximum atomic E-state index is 13.7. The first-order valence-electron chi connectivity index (χ1n) is 10.8. The molecule has 162 valence electrons. The van der Waals surface area contributed by atoms with Crippen molar-refractivity contribution < 1.29 is 14.3 Å². The van der Waals surface area contributed by atoms with E-state index in [2.05, 4.69) is 19.1 Å². The van der Waals surface area contributed by atoms with Crippen molar-refractivity contribution in [3.05, 3.63) is 89.0 Å². The predicted molar refractivity (Wildman–Crippen MR) is 125 cm³/mol. The number of rotatable bonds is 3. The summed E-state index contributed by atoms with van der Waals surface area (Å²) in [7, 11) is 0. The van der Waals surface area contributed by atoms with Crippen LogP contribution in [-0.4, -0.2) is 43.0 Å². The Bertz CT molecular complexity index is 1190. The van der Waals surface area contributed by atoms with Crippen LogP contribution in [0, 0.1) is 6.92 Å². The monoisotopic (exact) mass is 444 g/mol. The van der Waals surface area contributed by atoms with Crippen molar-refractivity contribution in [2.24, 2.45) is 0 Å². The van der Waals surface area contributed by atoms with Crippen LogP contribution in [-0.2, 0) is 11.3 Å². The van der Waals surface area contributed by atoms with Crippen LogP contribution in [0.1, 0.15) is 31.8 Å². The van der Waals surface area contributed by atoms with E-state index in [0.29, 0.717) is 44.0 Å². The number of morpholine rings is 1. The second-order valence-electron chi connectivity index (χ2n) is 8.00. The Morgan fingerprint density at radius 1 is 0.969 bits per heavy atom. The third kappa shape index (κ3) is 3.92. The number of carbonyl (C=O) groups excluding carboxylic acids is 2. The van der Waals surface area contributed by atoms with Crippen molar-refractivity contribution in [2.45, 2.75) is 23.3 Å². The number of nitrogens with zero attached hydrogens (tertiary/aromatic N) is 2. The molecule has 2 aliphatic rings. The largest absolute Gasteiger partial charge is 0.378 e. The van der Waals surface area contributed by atoms with Gasteiger partial charge < -0.3 is 14.5 Å². The van der Waals surface area contributed by atoms with Crippen LogP contribution in [0.2, 0.25) is 0 Å². The highest BCUT2D eigenvalue weighted by atomic mass is 32.2. The van der Waals surface area contributed by atoms with Gasteiger partial charge in [0.1, 0.15) is 0 Å². The average molecular weight is 445 g/mol. The SMILES string of the molecule is Cc1ccccc1CN1C(=O)c2ccccc2Sc2ccc(C(=O)N3CCOCC3)cc21. The molecule has 0 unspecified atom stereocenters. The van der Waals surface area contributed by atoms with E-state index in [-0.39, 0.29) is 11.8 Å². The van der Waals surface area contributed by atoms with Crippen molar-refractivity contribution in [1.29, 1.82) is 0 Å². The fourth-order valence-corrected chi connectivity index (χ4v) is 5.18. The molecule has 1 fully saturated rings. The van der Waals surface area contributed by atoms with E-state index < -0.39 is 0 Å². The Morgan fingerprint density at radius 3 is 2.53 bits per heavy atom. The summed E-state index contributed by atoms with van der Waals surface area (Å²) in [5, 5.41) is 0. The highest BCUT2D eigenvalue weighted by Crippen LogP contribution is 2.42. The van der Waals surface area contributed by atoms with Crippen LogP contribution in [0.25, 0.3) is 0 Å². The van der Waals surface area contributed by atoms with Gasteiger partial charge in [0.2, 0.25) is 0 Å². The van der Waals surface area contributed by atoms with E-state index in [9.17, 15) is 9.59 Å². The van der Waals surface area contributed by atoms with Crippen molar-refractivity contribution in [2.75, 3.05) is 31.2 Å². The summed E-state index contributed by atoms with van der Waals surface area (Å²) in [6.07, 6.45) is 0. The second kappa shape index (κ2) is 8.81. The minimum Gasteiger partial charge on any atom is -0.378 e. The van der Waals surface area contributed by atoms with Gasteiger partial charge in [0.05, 0.1) is 31.0 Å². The molecule has 32 heavy (non-hydrogen) atoms. The minimum atomic E-state index is -0.0499.